The maximum Gasteiger partial charge on any atom is 0.478 e. The molecule has 0 aromatic heterocycles. The van der Waals surface area contributed by atoms with Crippen LogP contribution < -0.4 is 4.74 Å². The molecule has 52 heavy (non-hydrogen) atoms. The second-order valence-electron chi connectivity index (χ2n) is 13.4. The van der Waals surface area contributed by atoms with Gasteiger partial charge in [-0.1, -0.05) is 74.4 Å². The van der Waals surface area contributed by atoms with Crippen LogP contribution in [0.5, 0.6) is 5.75 Å². The molecule has 4 aliphatic rings. The largest absolute Gasteiger partial charge is 0.478 e. The molecule has 0 N–H and O–H groups in total. The molecule has 4 saturated heterocycles. The number of hydrogen-bond donors (Lipinski definition) is 0. The van der Waals surface area contributed by atoms with Crippen molar-refractivity contribution >= 4 is 81.4 Å². The molecule has 4 fully saturated rings. The molecule has 6 unspecified atom stereocenters. The van der Waals surface area contributed by atoms with Crippen LogP contribution in [-0.4, -0.2) is 94.3 Å². The van der Waals surface area contributed by atoms with Crippen molar-refractivity contribution < 1.29 is 58.9 Å². The Morgan fingerprint density at radius 3 is 1.52 bits per heavy atom. The highest BCUT2D eigenvalue weighted by Gasteiger charge is 2.77. The van der Waals surface area contributed by atoms with Crippen LogP contribution >= 0.6 is 0 Å². The summed E-state index contributed by atoms with van der Waals surface area (Å²) in [6, 6.07) is 11.6. The van der Waals surface area contributed by atoms with Gasteiger partial charge in [0.2, 0.25) is 10.5 Å². The Hall–Kier alpha value is 0.452. The molecule has 6 bridgehead atoms. The van der Waals surface area contributed by atoms with Gasteiger partial charge in [-0.15, -0.1) is 0 Å². The molecule has 4 heterocycles. The van der Waals surface area contributed by atoms with E-state index in [4.69, 9.17) is 58.9 Å². The van der Waals surface area contributed by atoms with Gasteiger partial charge < -0.3 is 58.9 Å². The lowest BCUT2D eigenvalue weighted by atomic mass is 9.99. The molecule has 4 aliphatic heterocycles. The lowest BCUT2D eigenvalue weighted by Crippen LogP contribution is -2.84. The standard InChI is InChI=1S/C29H58O14Si9/c1-11-26(9)28-20-22-29(23-21-28)31-27(10)30-24-19-25-52-39-47(14-4)33-45(12-2)34-48(15-5,40-52)38-50(17-7)36-46(13-3,32-44)35-49(16-6,37-47)41-51(18-8,42-50)43-52/h20-23,26-27H,11-19,24-25H2,1-10H3. The minimum atomic E-state index is -3.84. The topological polar surface area (TPSA) is 129 Å². The predicted octanol–water partition coefficient (Wildman–Crippen LogP) is 6.87. The van der Waals surface area contributed by atoms with Crippen molar-refractivity contribution in [2.75, 3.05) is 6.61 Å². The van der Waals surface area contributed by atoms with Gasteiger partial charge in [0.15, 0.2) is 6.29 Å². The fraction of sp³-hybridized carbons (Fsp3) is 0.793. The summed E-state index contributed by atoms with van der Waals surface area (Å²) in [7, 11) is -24.8. The molecule has 5 rings (SSSR count). The van der Waals surface area contributed by atoms with E-state index in [9.17, 15) is 0 Å². The molecule has 0 saturated carbocycles. The maximum atomic E-state index is 7.32. The van der Waals surface area contributed by atoms with E-state index in [2.05, 4.69) is 36.5 Å². The van der Waals surface area contributed by atoms with Crippen molar-refractivity contribution in [1.82, 2.24) is 0 Å². The molecule has 4 radical (unpaired) electrons. The van der Waals surface area contributed by atoms with Gasteiger partial charge in [-0.25, -0.2) is 0 Å². The Morgan fingerprint density at radius 1 is 0.615 bits per heavy atom. The molecule has 23 heteroatoms. The fourth-order valence-corrected chi connectivity index (χ4v) is 51.5. The van der Waals surface area contributed by atoms with Crippen LogP contribution in [0.4, 0.5) is 0 Å². The molecule has 0 amide bonds. The number of benzene rings is 1. The van der Waals surface area contributed by atoms with Gasteiger partial charge in [0.25, 0.3) is 0 Å². The summed E-state index contributed by atoms with van der Waals surface area (Å²) in [5.74, 6) is 1.25. The van der Waals surface area contributed by atoms with Crippen molar-refractivity contribution in [2.45, 2.75) is 143 Å². The Morgan fingerprint density at radius 2 is 1.08 bits per heavy atom. The molecule has 1 aromatic carbocycles. The van der Waals surface area contributed by atoms with Crippen molar-refractivity contribution in [3.05, 3.63) is 29.8 Å². The third kappa shape index (κ3) is 9.26. The molecule has 14 nitrogen and oxygen atoms in total. The van der Waals surface area contributed by atoms with Crippen molar-refractivity contribution in [2.24, 2.45) is 0 Å². The molecule has 1 aromatic rings. The minimum absolute atomic E-state index is 0.356. The van der Waals surface area contributed by atoms with Crippen LogP contribution in [-0.2, 0) is 54.1 Å². The smallest absolute Gasteiger partial charge is 0.465 e. The van der Waals surface area contributed by atoms with E-state index in [-0.39, 0.29) is 0 Å². The second kappa shape index (κ2) is 17.5. The van der Waals surface area contributed by atoms with Crippen LogP contribution in [0.15, 0.2) is 24.3 Å². The van der Waals surface area contributed by atoms with Gasteiger partial charge in [0.1, 0.15) is 5.75 Å². The molecular weight excluding hydrogens is 825 g/mol. The Bertz CT molecular complexity index is 1270. The third-order valence-corrected chi connectivity index (χ3v) is 44.4. The van der Waals surface area contributed by atoms with Crippen LogP contribution in [0.2, 0.25) is 48.4 Å². The van der Waals surface area contributed by atoms with Gasteiger partial charge in [-0.3, -0.25) is 0 Å². The van der Waals surface area contributed by atoms with Gasteiger partial charge >= 0.3 is 70.9 Å². The van der Waals surface area contributed by atoms with Crippen LogP contribution in [0.1, 0.15) is 93.6 Å². The van der Waals surface area contributed by atoms with E-state index in [1.807, 2.05) is 67.5 Å². The highest BCUT2D eigenvalue weighted by atomic mass is 28.6. The summed E-state index contributed by atoms with van der Waals surface area (Å²) in [6.45, 7) is 20.5. The zero-order valence-corrected chi connectivity index (χ0v) is 41.5. The van der Waals surface area contributed by atoms with E-state index in [1.165, 1.54) is 5.56 Å². The summed E-state index contributed by atoms with van der Waals surface area (Å²) in [6.07, 6.45) is 1.12. The van der Waals surface area contributed by atoms with E-state index in [0.29, 0.717) is 67.3 Å². The second-order valence-corrected chi connectivity index (χ2v) is 38.9. The first kappa shape index (κ1) is 43.6. The van der Waals surface area contributed by atoms with Crippen molar-refractivity contribution in [3.63, 3.8) is 0 Å². The lowest BCUT2D eigenvalue weighted by Gasteiger charge is -2.59. The zero-order valence-electron chi connectivity index (χ0n) is 32.5. The monoisotopic (exact) mass is 882 g/mol. The summed E-state index contributed by atoms with van der Waals surface area (Å²) in [5.41, 5.74) is 1.29. The van der Waals surface area contributed by atoms with Crippen molar-refractivity contribution in [3.8, 4) is 5.75 Å². The molecule has 6 atom stereocenters. The number of rotatable bonds is 17. The van der Waals surface area contributed by atoms with Gasteiger partial charge in [-0.05, 0) is 49.4 Å². The first-order valence-corrected chi connectivity index (χ1v) is 34.5. The third-order valence-electron chi connectivity index (χ3n) is 9.72. The average Bonchev–Trinajstić information content (AvgIpc) is 3.13. The highest BCUT2D eigenvalue weighted by Crippen LogP contribution is 2.49. The molecular formula is C29H58O14Si9. The van der Waals surface area contributed by atoms with Crippen LogP contribution in [0.3, 0.4) is 0 Å². The zero-order chi connectivity index (χ0) is 37.9. The Kier molecular flexibility index (Phi) is 14.7. The predicted molar refractivity (Wildman–Crippen MR) is 209 cm³/mol. The molecule has 0 aliphatic carbocycles. The normalized spacial score (nSPS) is 39.1. The summed E-state index contributed by atoms with van der Waals surface area (Å²) >= 11 is 0. The number of fused-ring (bicyclic) bond motifs is 4. The highest BCUT2D eigenvalue weighted by molar-refractivity contribution is 7.00. The first-order valence-electron chi connectivity index (χ1n) is 19.0. The van der Waals surface area contributed by atoms with E-state index >= 15 is 0 Å². The Labute approximate surface area is 323 Å². The van der Waals surface area contributed by atoms with Gasteiger partial charge in [-0.2, -0.15) is 0 Å². The summed E-state index contributed by atoms with van der Waals surface area (Å²) in [4.78, 5) is 0. The van der Waals surface area contributed by atoms with E-state index < -0.39 is 77.2 Å². The summed E-state index contributed by atoms with van der Waals surface area (Å²) in [5, 5.41) is 0. The van der Waals surface area contributed by atoms with Gasteiger partial charge in [0.05, 0.1) is 6.61 Å². The van der Waals surface area contributed by atoms with Crippen molar-refractivity contribution in [1.29, 1.82) is 0 Å². The maximum absolute atomic E-state index is 7.32. The first-order chi connectivity index (χ1) is 24.7. The quantitative estimate of drug-likeness (QED) is 0.0917. The molecule has 294 valence electrons. The van der Waals surface area contributed by atoms with E-state index in [0.717, 1.165) is 12.2 Å². The number of ether oxygens (including phenoxy) is 2. The minimum Gasteiger partial charge on any atom is -0.465 e. The van der Waals surface area contributed by atoms with E-state index in [1.54, 1.807) is 0 Å². The Balaban J connectivity index is 1.51. The van der Waals surface area contributed by atoms with Crippen LogP contribution in [0, 0.1) is 0 Å². The summed E-state index contributed by atoms with van der Waals surface area (Å²) < 4.78 is 97.1. The average molecular weight is 884 g/mol. The fourth-order valence-electron chi connectivity index (χ4n) is 6.41. The number of hydrogen-bond acceptors (Lipinski definition) is 14. The van der Waals surface area contributed by atoms with Gasteiger partial charge in [0, 0.05) is 42.3 Å². The molecule has 0 spiro atoms. The van der Waals surface area contributed by atoms with Crippen LogP contribution in [0.25, 0.3) is 0 Å². The SMILES string of the molecule is CCC(C)c1ccc(OC(C)OCCC[Si]23O[Si]4(CC)O[Si](CC)O[Si](CC)(O[Si]5(CC)O[Si](CC)(O[Si])O[Si](CC)(O4)O[Si](CC)(O5)O2)O3)cc1. The lowest BCUT2D eigenvalue weighted by molar-refractivity contribution is -0.0674.